The summed E-state index contributed by atoms with van der Waals surface area (Å²) in [4.78, 5) is 9.43. The number of nitrogens with zero attached hydrogens (tertiary/aromatic N) is 3. The quantitative estimate of drug-likeness (QED) is 0.368. The second-order valence-electron chi connectivity index (χ2n) is 7.01. The Morgan fingerprint density at radius 3 is 2.78 bits per heavy atom. The molecule has 0 unspecified atom stereocenters. The van der Waals surface area contributed by atoms with Gasteiger partial charge in [-0.25, -0.2) is 9.97 Å². The molecule has 0 aliphatic heterocycles. The smallest absolute Gasteiger partial charge is 0.181 e. The van der Waals surface area contributed by atoms with E-state index in [9.17, 15) is 0 Å². The van der Waals surface area contributed by atoms with E-state index in [1.807, 2.05) is 48.7 Å². The summed E-state index contributed by atoms with van der Waals surface area (Å²) < 4.78 is 2.11. The van der Waals surface area contributed by atoms with Crippen molar-refractivity contribution < 1.29 is 0 Å². The number of benzene rings is 2. The number of hydrogen-bond donors (Lipinski definition) is 3. The minimum absolute atomic E-state index is 0.501. The maximum absolute atomic E-state index is 7.44. The molecule has 4 rings (SSSR count). The number of para-hydroxylation sites is 2. The minimum Gasteiger partial charge on any atom is -0.398 e. The molecule has 2 heterocycles. The first-order chi connectivity index (χ1) is 13.1. The molecule has 6 nitrogen and oxygen atoms in total. The summed E-state index contributed by atoms with van der Waals surface area (Å²) in [5, 5.41) is 10.9. The van der Waals surface area contributed by atoms with Crippen molar-refractivity contribution in [3.05, 3.63) is 54.2 Å². The summed E-state index contributed by atoms with van der Waals surface area (Å²) in [5.41, 5.74) is 12.0. The van der Waals surface area contributed by atoms with Crippen LogP contribution in [0.15, 0.2) is 48.7 Å². The molecular formula is C21H22N6. The van der Waals surface area contributed by atoms with Crippen molar-refractivity contribution in [3.63, 3.8) is 0 Å². The van der Waals surface area contributed by atoms with Gasteiger partial charge in [-0.15, -0.1) is 0 Å². The fraction of sp³-hybridized carbons (Fsp3) is 0.190. The second-order valence-corrected chi connectivity index (χ2v) is 7.01. The van der Waals surface area contributed by atoms with E-state index in [0.29, 0.717) is 17.2 Å². The average molecular weight is 358 g/mol. The van der Waals surface area contributed by atoms with Crippen LogP contribution >= 0.6 is 0 Å². The zero-order chi connectivity index (χ0) is 19.0. The maximum Gasteiger partial charge on any atom is 0.181 e. The van der Waals surface area contributed by atoms with Gasteiger partial charge in [-0.05, 0) is 24.1 Å². The van der Waals surface area contributed by atoms with Crippen molar-refractivity contribution in [1.29, 1.82) is 5.41 Å². The second kappa shape index (κ2) is 6.72. The molecule has 0 saturated carbocycles. The molecule has 0 atom stereocenters. The number of anilines is 2. The average Bonchev–Trinajstić information content (AvgIpc) is 3.11. The lowest BCUT2D eigenvalue weighted by Crippen LogP contribution is -2.11. The molecule has 2 aromatic heterocycles. The molecule has 6 heteroatoms. The summed E-state index contributed by atoms with van der Waals surface area (Å²) in [6.45, 7) is 5.15. The highest BCUT2D eigenvalue weighted by Gasteiger charge is 2.15. The summed E-state index contributed by atoms with van der Waals surface area (Å²) in [6.07, 6.45) is 3.11. The lowest BCUT2D eigenvalue weighted by Gasteiger charge is -2.13. The van der Waals surface area contributed by atoms with Crippen LogP contribution in [-0.2, 0) is 0 Å². The van der Waals surface area contributed by atoms with Crippen molar-refractivity contribution >= 4 is 34.4 Å². The maximum atomic E-state index is 7.44. The van der Waals surface area contributed by atoms with Crippen LogP contribution in [0.5, 0.6) is 0 Å². The van der Waals surface area contributed by atoms with Crippen molar-refractivity contribution in [2.45, 2.75) is 13.8 Å². The Balaban J connectivity index is 1.97. The van der Waals surface area contributed by atoms with Crippen LogP contribution in [0, 0.1) is 11.3 Å². The van der Waals surface area contributed by atoms with Crippen molar-refractivity contribution in [2.24, 2.45) is 5.92 Å². The molecule has 0 fully saturated rings. The summed E-state index contributed by atoms with van der Waals surface area (Å²) in [7, 11) is 0. The molecule has 4 N–H and O–H groups in total. The van der Waals surface area contributed by atoms with Crippen molar-refractivity contribution in [3.8, 4) is 11.3 Å². The summed E-state index contributed by atoms with van der Waals surface area (Å²) >= 11 is 0. The molecule has 0 spiro atoms. The third-order valence-electron chi connectivity index (χ3n) is 4.54. The van der Waals surface area contributed by atoms with Crippen LogP contribution in [0.1, 0.15) is 19.4 Å². The first-order valence-electron chi connectivity index (χ1n) is 8.99. The molecule has 2 aromatic carbocycles. The fourth-order valence-electron chi connectivity index (χ4n) is 3.17. The Kier molecular flexibility index (Phi) is 4.24. The van der Waals surface area contributed by atoms with E-state index in [4.69, 9.17) is 16.1 Å². The van der Waals surface area contributed by atoms with Gasteiger partial charge in [0.15, 0.2) is 11.5 Å². The number of nitrogens with one attached hydrogen (secondary N) is 2. The van der Waals surface area contributed by atoms with Crippen molar-refractivity contribution in [1.82, 2.24) is 14.4 Å². The van der Waals surface area contributed by atoms with Gasteiger partial charge in [0.2, 0.25) is 0 Å². The number of nitrogen functional groups attached to an aromatic ring is 1. The van der Waals surface area contributed by atoms with E-state index in [1.165, 1.54) is 6.21 Å². The Labute approximate surface area is 157 Å². The lowest BCUT2D eigenvalue weighted by molar-refractivity contribution is 0.687. The first kappa shape index (κ1) is 17.0. The molecule has 4 aromatic rings. The first-order valence-corrected chi connectivity index (χ1v) is 8.99. The molecule has 0 aliphatic rings. The predicted octanol–water partition coefficient (Wildman–Crippen LogP) is 4.20. The van der Waals surface area contributed by atoms with E-state index in [-0.39, 0.29) is 0 Å². The van der Waals surface area contributed by atoms with Gasteiger partial charge < -0.3 is 16.5 Å². The largest absolute Gasteiger partial charge is 0.398 e. The monoisotopic (exact) mass is 358 g/mol. The minimum atomic E-state index is 0.501. The van der Waals surface area contributed by atoms with Crippen LogP contribution in [-0.4, -0.2) is 27.1 Å². The highest BCUT2D eigenvalue weighted by Crippen LogP contribution is 2.30. The molecule has 0 bridgehead atoms. The summed E-state index contributed by atoms with van der Waals surface area (Å²) in [5.74, 6) is 1.28. The van der Waals surface area contributed by atoms with Crippen LogP contribution < -0.4 is 11.1 Å². The number of rotatable bonds is 5. The van der Waals surface area contributed by atoms with Crippen LogP contribution in [0.3, 0.4) is 0 Å². The molecule has 0 saturated heterocycles. The SMILES string of the molecule is CC(C)CNc1nc2ccccc2n2c(-c3ccc(C=N)c(N)c3)cnc12. The molecule has 0 aliphatic carbocycles. The Hall–Kier alpha value is -3.41. The number of hydrogen-bond acceptors (Lipinski definition) is 5. The normalized spacial score (nSPS) is 11.4. The Morgan fingerprint density at radius 1 is 1.22 bits per heavy atom. The van der Waals surface area contributed by atoms with Gasteiger partial charge in [-0.1, -0.05) is 38.1 Å². The predicted molar refractivity (Wildman–Crippen MR) is 112 cm³/mol. The van der Waals surface area contributed by atoms with E-state index in [1.54, 1.807) is 0 Å². The number of aromatic nitrogens is 3. The zero-order valence-electron chi connectivity index (χ0n) is 15.4. The standard InChI is InChI=1S/C21H22N6/c1-13(2)11-24-20-21-25-12-19(14-7-8-15(10-22)16(23)9-14)27(21)18-6-4-3-5-17(18)26-20/h3-10,12-13,22H,11,23H2,1-2H3,(H,24,26). The van der Waals surface area contributed by atoms with Gasteiger partial charge in [0.1, 0.15) is 0 Å². The highest BCUT2D eigenvalue weighted by molar-refractivity contribution is 5.89. The van der Waals surface area contributed by atoms with Crippen molar-refractivity contribution in [2.75, 3.05) is 17.6 Å². The van der Waals surface area contributed by atoms with E-state index < -0.39 is 0 Å². The van der Waals surface area contributed by atoms with Crippen LogP contribution in [0.2, 0.25) is 0 Å². The topological polar surface area (TPSA) is 92.1 Å². The van der Waals surface area contributed by atoms with Crippen LogP contribution in [0.25, 0.3) is 27.9 Å². The van der Waals surface area contributed by atoms with Gasteiger partial charge in [0.25, 0.3) is 0 Å². The van der Waals surface area contributed by atoms with Gasteiger partial charge in [-0.3, -0.25) is 4.40 Å². The third kappa shape index (κ3) is 2.99. The molecular weight excluding hydrogens is 336 g/mol. The lowest BCUT2D eigenvalue weighted by atomic mass is 10.1. The molecule has 0 radical (unpaired) electrons. The zero-order valence-corrected chi connectivity index (χ0v) is 15.4. The fourth-order valence-corrected chi connectivity index (χ4v) is 3.17. The Bertz CT molecular complexity index is 1140. The van der Waals surface area contributed by atoms with Gasteiger partial charge >= 0.3 is 0 Å². The van der Waals surface area contributed by atoms with E-state index in [0.717, 1.165) is 40.3 Å². The highest BCUT2D eigenvalue weighted by atomic mass is 15.1. The molecule has 0 amide bonds. The third-order valence-corrected chi connectivity index (χ3v) is 4.54. The van der Waals surface area contributed by atoms with E-state index >= 15 is 0 Å². The summed E-state index contributed by atoms with van der Waals surface area (Å²) in [6, 6.07) is 13.8. The molecule has 136 valence electrons. The number of nitrogens with two attached hydrogens (primary N) is 1. The molecule has 27 heavy (non-hydrogen) atoms. The van der Waals surface area contributed by atoms with Gasteiger partial charge in [0, 0.05) is 29.6 Å². The van der Waals surface area contributed by atoms with Crippen LogP contribution in [0.4, 0.5) is 11.5 Å². The van der Waals surface area contributed by atoms with Gasteiger partial charge in [-0.2, -0.15) is 0 Å². The number of imidazole rings is 1. The van der Waals surface area contributed by atoms with E-state index in [2.05, 4.69) is 28.5 Å². The Morgan fingerprint density at radius 2 is 2.04 bits per heavy atom. The number of fused-ring (bicyclic) bond motifs is 3. The van der Waals surface area contributed by atoms with Gasteiger partial charge in [0.05, 0.1) is 22.9 Å².